The van der Waals surface area contributed by atoms with Crippen molar-refractivity contribution in [2.24, 2.45) is 0 Å². The van der Waals surface area contributed by atoms with Gasteiger partial charge < -0.3 is 4.90 Å². The Hall–Kier alpha value is -1.76. The quantitative estimate of drug-likeness (QED) is 0.658. The average Bonchev–Trinajstić information content (AvgIpc) is 2.83. The van der Waals surface area contributed by atoms with E-state index in [-0.39, 0.29) is 0 Å². The first-order chi connectivity index (χ1) is 9.31. The molecule has 0 spiro atoms. The van der Waals surface area contributed by atoms with Gasteiger partial charge in [0.05, 0.1) is 0 Å². The monoisotopic (exact) mass is 250 g/mol. The van der Waals surface area contributed by atoms with Crippen LogP contribution in [0, 0.1) is 6.42 Å². The molecule has 0 N–H and O–H groups in total. The summed E-state index contributed by atoms with van der Waals surface area (Å²) in [5.74, 6) is 0. The van der Waals surface area contributed by atoms with Gasteiger partial charge in [-0.1, -0.05) is 49.7 Å². The molecule has 1 aliphatic rings. The Morgan fingerprint density at radius 1 is 0.947 bits per heavy atom. The Kier molecular flexibility index (Phi) is 3.29. The van der Waals surface area contributed by atoms with E-state index in [0.29, 0.717) is 0 Å². The lowest BCUT2D eigenvalue weighted by molar-refractivity contribution is 0.766. The maximum absolute atomic E-state index is 2.38. The van der Waals surface area contributed by atoms with Crippen molar-refractivity contribution in [1.82, 2.24) is 0 Å². The standard InChI is InChI=1S/C18H20N/c1-3-4-12-19(2)18-11-7-10-16-15-9-6-5-8-14(15)13-17(16)18/h5-11,13H,3-4,12H2,1-2H3. The number of nitrogens with zero attached hydrogens (tertiary/aromatic N) is 1. The molecule has 0 fully saturated rings. The molecule has 0 aromatic heterocycles. The number of rotatable bonds is 4. The lowest BCUT2D eigenvalue weighted by atomic mass is 10.0. The fraction of sp³-hybridized carbons (Fsp3) is 0.278. The van der Waals surface area contributed by atoms with Gasteiger partial charge in [0.25, 0.3) is 0 Å². The Labute approximate surface area is 115 Å². The van der Waals surface area contributed by atoms with E-state index in [2.05, 4.69) is 67.8 Å². The molecule has 1 heteroatoms. The van der Waals surface area contributed by atoms with E-state index in [1.165, 1.54) is 40.8 Å². The number of fused-ring (bicyclic) bond motifs is 3. The normalized spacial score (nSPS) is 12.1. The highest BCUT2D eigenvalue weighted by Gasteiger charge is 2.21. The molecule has 97 valence electrons. The molecule has 0 heterocycles. The molecule has 0 atom stereocenters. The topological polar surface area (TPSA) is 3.24 Å². The van der Waals surface area contributed by atoms with Crippen LogP contribution in [0.4, 0.5) is 5.69 Å². The van der Waals surface area contributed by atoms with Gasteiger partial charge in [0.2, 0.25) is 0 Å². The van der Waals surface area contributed by atoms with Gasteiger partial charge in [-0.2, -0.15) is 0 Å². The van der Waals surface area contributed by atoms with Crippen molar-refractivity contribution >= 4 is 5.69 Å². The highest BCUT2D eigenvalue weighted by atomic mass is 15.1. The van der Waals surface area contributed by atoms with Crippen LogP contribution in [0.25, 0.3) is 11.1 Å². The summed E-state index contributed by atoms with van der Waals surface area (Å²) in [7, 11) is 2.20. The van der Waals surface area contributed by atoms with Crippen LogP contribution in [0.3, 0.4) is 0 Å². The van der Waals surface area contributed by atoms with Crippen LogP contribution in [0.5, 0.6) is 0 Å². The molecular formula is C18H20N. The van der Waals surface area contributed by atoms with Crippen molar-refractivity contribution in [3.05, 3.63) is 60.0 Å². The summed E-state index contributed by atoms with van der Waals surface area (Å²) in [5, 5.41) is 0. The van der Waals surface area contributed by atoms with Crippen LogP contribution < -0.4 is 4.90 Å². The summed E-state index contributed by atoms with van der Waals surface area (Å²) < 4.78 is 0. The summed E-state index contributed by atoms with van der Waals surface area (Å²) in [6, 6.07) is 15.3. The molecule has 0 amide bonds. The van der Waals surface area contributed by atoms with Gasteiger partial charge in [0.15, 0.2) is 0 Å². The van der Waals surface area contributed by atoms with Crippen LogP contribution in [0.15, 0.2) is 42.5 Å². The molecule has 0 saturated carbocycles. The number of anilines is 1. The molecule has 19 heavy (non-hydrogen) atoms. The Balaban J connectivity index is 1.99. The molecule has 1 radical (unpaired) electrons. The van der Waals surface area contributed by atoms with Crippen LogP contribution in [0.1, 0.15) is 30.9 Å². The van der Waals surface area contributed by atoms with Gasteiger partial charge in [-0.15, -0.1) is 0 Å². The maximum atomic E-state index is 2.38. The van der Waals surface area contributed by atoms with E-state index < -0.39 is 0 Å². The van der Waals surface area contributed by atoms with Crippen molar-refractivity contribution in [2.75, 3.05) is 18.5 Å². The maximum Gasteiger partial charge on any atom is 0.0409 e. The van der Waals surface area contributed by atoms with Crippen LogP contribution in [0.2, 0.25) is 0 Å². The fourth-order valence-electron chi connectivity index (χ4n) is 2.81. The molecular weight excluding hydrogens is 230 g/mol. The van der Waals surface area contributed by atoms with Crippen molar-refractivity contribution in [3.8, 4) is 11.1 Å². The summed E-state index contributed by atoms with van der Waals surface area (Å²) in [6.07, 6.45) is 4.80. The molecule has 2 aromatic rings. The van der Waals surface area contributed by atoms with Crippen LogP contribution >= 0.6 is 0 Å². The Bertz CT molecular complexity index is 586. The summed E-state index contributed by atoms with van der Waals surface area (Å²) in [6.45, 7) is 3.36. The summed E-state index contributed by atoms with van der Waals surface area (Å²) >= 11 is 0. The largest absolute Gasteiger partial charge is 0.374 e. The van der Waals surface area contributed by atoms with E-state index >= 15 is 0 Å². The number of benzene rings is 2. The lowest BCUT2D eigenvalue weighted by Gasteiger charge is -2.22. The number of hydrogen-bond donors (Lipinski definition) is 0. The molecule has 0 bridgehead atoms. The third-order valence-corrected chi connectivity index (χ3v) is 3.89. The zero-order valence-electron chi connectivity index (χ0n) is 11.7. The number of hydrogen-bond acceptors (Lipinski definition) is 1. The average molecular weight is 250 g/mol. The van der Waals surface area contributed by atoms with E-state index in [0.717, 1.165) is 6.54 Å². The van der Waals surface area contributed by atoms with Gasteiger partial charge in [0, 0.05) is 25.7 Å². The van der Waals surface area contributed by atoms with Crippen LogP contribution in [-0.4, -0.2) is 13.6 Å². The lowest BCUT2D eigenvalue weighted by Crippen LogP contribution is -2.19. The second-order valence-corrected chi connectivity index (χ2v) is 5.25. The van der Waals surface area contributed by atoms with Crippen molar-refractivity contribution in [3.63, 3.8) is 0 Å². The second kappa shape index (κ2) is 5.08. The van der Waals surface area contributed by atoms with Gasteiger partial charge in [-0.05, 0) is 34.7 Å². The molecule has 0 saturated heterocycles. The molecule has 3 rings (SSSR count). The fourth-order valence-corrected chi connectivity index (χ4v) is 2.81. The van der Waals surface area contributed by atoms with Gasteiger partial charge in [-0.25, -0.2) is 0 Å². The Morgan fingerprint density at radius 3 is 2.58 bits per heavy atom. The van der Waals surface area contributed by atoms with E-state index in [4.69, 9.17) is 0 Å². The Morgan fingerprint density at radius 2 is 1.74 bits per heavy atom. The first-order valence-corrected chi connectivity index (χ1v) is 7.09. The van der Waals surface area contributed by atoms with E-state index in [1.54, 1.807) is 0 Å². The molecule has 1 aliphatic carbocycles. The third kappa shape index (κ3) is 2.14. The molecule has 0 unspecified atom stereocenters. The van der Waals surface area contributed by atoms with Crippen LogP contribution in [-0.2, 0) is 0 Å². The predicted molar refractivity (Wildman–Crippen MR) is 82.6 cm³/mol. The van der Waals surface area contributed by atoms with Crippen molar-refractivity contribution in [1.29, 1.82) is 0 Å². The molecule has 0 aliphatic heterocycles. The summed E-state index contributed by atoms with van der Waals surface area (Å²) in [4.78, 5) is 2.38. The highest BCUT2D eigenvalue weighted by Crippen LogP contribution is 2.42. The zero-order valence-corrected chi connectivity index (χ0v) is 11.7. The third-order valence-electron chi connectivity index (χ3n) is 3.89. The van der Waals surface area contributed by atoms with E-state index in [1.807, 2.05) is 0 Å². The SMILES string of the molecule is CCCCN(C)c1cccc2c1[CH]c1ccccc1-2. The van der Waals surface area contributed by atoms with E-state index in [9.17, 15) is 0 Å². The van der Waals surface area contributed by atoms with Crippen molar-refractivity contribution in [2.45, 2.75) is 19.8 Å². The minimum Gasteiger partial charge on any atom is -0.374 e. The minimum absolute atomic E-state index is 1.12. The molecule has 1 nitrogen and oxygen atoms in total. The minimum atomic E-state index is 1.12. The predicted octanol–water partition coefficient (Wildman–Crippen LogP) is 4.50. The zero-order chi connectivity index (χ0) is 13.2. The highest BCUT2D eigenvalue weighted by molar-refractivity contribution is 5.86. The first kappa shape index (κ1) is 12.3. The molecule has 2 aromatic carbocycles. The summed E-state index contributed by atoms with van der Waals surface area (Å²) in [5.41, 5.74) is 6.80. The van der Waals surface area contributed by atoms with Crippen molar-refractivity contribution < 1.29 is 0 Å². The number of unbranched alkanes of at least 4 members (excludes halogenated alkanes) is 1. The second-order valence-electron chi connectivity index (χ2n) is 5.25. The smallest absolute Gasteiger partial charge is 0.0409 e. The first-order valence-electron chi connectivity index (χ1n) is 7.09. The van der Waals surface area contributed by atoms with Gasteiger partial charge in [-0.3, -0.25) is 0 Å². The van der Waals surface area contributed by atoms with Gasteiger partial charge in [0.1, 0.15) is 0 Å². The van der Waals surface area contributed by atoms with Gasteiger partial charge >= 0.3 is 0 Å².